The lowest BCUT2D eigenvalue weighted by molar-refractivity contribution is -0.114. The van der Waals surface area contributed by atoms with Gasteiger partial charge in [-0.2, -0.15) is 0 Å². The molecular formula is C22H30N2O2. The van der Waals surface area contributed by atoms with Crippen LogP contribution in [-0.4, -0.2) is 19.1 Å². The van der Waals surface area contributed by atoms with Crippen LogP contribution in [0.4, 0.5) is 11.4 Å². The minimum atomic E-state index is -0.0762. The first-order valence-electron chi connectivity index (χ1n) is 9.43. The van der Waals surface area contributed by atoms with Crippen LogP contribution in [0, 0.1) is 13.8 Å². The molecule has 0 atom stereocenters. The molecule has 0 unspecified atom stereocenters. The molecule has 0 aromatic heterocycles. The summed E-state index contributed by atoms with van der Waals surface area (Å²) < 4.78 is 5.77. The van der Waals surface area contributed by atoms with Crippen LogP contribution in [0.3, 0.4) is 0 Å². The largest absolute Gasteiger partial charge is 0.494 e. The van der Waals surface area contributed by atoms with Crippen LogP contribution < -0.4 is 15.4 Å². The molecule has 0 heterocycles. The Morgan fingerprint density at radius 3 is 2.46 bits per heavy atom. The van der Waals surface area contributed by atoms with Gasteiger partial charge in [0, 0.05) is 17.4 Å². The van der Waals surface area contributed by atoms with E-state index in [1.54, 1.807) is 0 Å². The third kappa shape index (κ3) is 6.43. The highest BCUT2D eigenvalue weighted by molar-refractivity contribution is 5.94. The monoisotopic (exact) mass is 354 g/mol. The topological polar surface area (TPSA) is 50.4 Å². The maximum Gasteiger partial charge on any atom is 0.243 e. The number of unbranched alkanes of at least 4 members (excludes halogenated alkanes) is 3. The Balaban J connectivity index is 1.82. The van der Waals surface area contributed by atoms with Gasteiger partial charge in [-0.15, -0.1) is 0 Å². The number of ether oxygens (including phenoxy) is 1. The van der Waals surface area contributed by atoms with Crippen LogP contribution in [-0.2, 0) is 4.79 Å². The van der Waals surface area contributed by atoms with E-state index in [9.17, 15) is 4.79 Å². The number of carbonyl (C=O) groups is 1. The van der Waals surface area contributed by atoms with Gasteiger partial charge in [0.1, 0.15) is 5.75 Å². The van der Waals surface area contributed by atoms with Crippen molar-refractivity contribution < 1.29 is 9.53 Å². The zero-order valence-electron chi connectivity index (χ0n) is 16.1. The van der Waals surface area contributed by atoms with Gasteiger partial charge in [0.15, 0.2) is 0 Å². The lowest BCUT2D eigenvalue weighted by Crippen LogP contribution is -2.22. The Hall–Kier alpha value is -2.49. The van der Waals surface area contributed by atoms with Gasteiger partial charge < -0.3 is 15.4 Å². The number of aryl methyl sites for hydroxylation is 2. The summed E-state index contributed by atoms with van der Waals surface area (Å²) in [6, 6.07) is 13.7. The fourth-order valence-corrected chi connectivity index (χ4v) is 2.85. The average molecular weight is 354 g/mol. The van der Waals surface area contributed by atoms with Crippen molar-refractivity contribution in [3.8, 4) is 5.75 Å². The molecule has 0 aliphatic rings. The minimum Gasteiger partial charge on any atom is -0.494 e. The van der Waals surface area contributed by atoms with Crippen molar-refractivity contribution in [1.29, 1.82) is 0 Å². The fourth-order valence-electron chi connectivity index (χ4n) is 2.85. The molecule has 0 bridgehead atoms. The fraction of sp³-hybridized carbons (Fsp3) is 0.409. The first-order chi connectivity index (χ1) is 12.6. The molecule has 0 spiro atoms. The van der Waals surface area contributed by atoms with Gasteiger partial charge in [-0.25, -0.2) is 0 Å². The number of carbonyl (C=O) groups excluding carboxylic acids is 1. The standard InChI is InChI=1S/C22H30N2O2/c1-4-5-6-7-14-26-20-13-9-12-19(15-20)24-21(25)16-23-22-17(2)10-8-11-18(22)3/h8-13,15,23H,4-7,14,16H2,1-3H3,(H,24,25). The van der Waals surface area contributed by atoms with E-state index in [1.165, 1.54) is 19.3 Å². The predicted octanol–water partition coefficient (Wildman–Crippen LogP) is 5.31. The number of amides is 1. The number of rotatable bonds is 10. The van der Waals surface area contributed by atoms with E-state index in [0.29, 0.717) is 6.61 Å². The maximum absolute atomic E-state index is 12.2. The van der Waals surface area contributed by atoms with Crippen LogP contribution in [0.1, 0.15) is 43.7 Å². The molecule has 1 amide bonds. The summed E-state index contributed by atoms with van der Waals surface area (Å²) in [6.45, 7) is 7.21. The number of anilines is 2. The van der Waals surface area contributed by atoms with E-state index >= 15 is 0 Å². The molecule has 4 nitrogen and oxygen atoms in total. The second-order valence-electron chi connectivity index (χ2n) is 6.61. The van der Waals surface area contributed by atoms with Crippen LogP contribution in [0.25, 0.3) is 0 Å². The first kappa shape index (κ1) is 19.8. The molecule has 0 fully saturated rings. The van der Waals surface area contributed by atoms with Gasteiger partial charge >= 0.3 is 0 Å². The van der Waals surface area contributed by atoms with E-state index in [-0.39, 0.29) is 12.5 Å². The molecule has 2 aromatic carbocycles. The minimum absolute atomic E-state index is 0.0762. The second-order valence-corrected chi connectivity index (χ2v) is 6.61. The summed E-state index contributed by atoms with van der Waals surface area (Å²) in [7, 11) is 0. The lowest BCUT2D eigenvalue weighted by Gasteiger charge is -2.13. The summed E-state index contributed by atoms with van der Waals surface area (Å²) in [5.74, 6) is 0.717. The smallest absolute Gasteiger partial charge is 0.243 e. The van der Waals surface area contributed by atoms with Crippen LogP contribution in [0.2, 0.25) is 0 Å². The molecular weight excluding hydrogens is 324 g/mol. The third-order valence-corrected chi connectivity index (χ3v) is 4.29. The van der Waals surface area contributed by atoms with Gasteiger partial charge in [-0.05, 0) is 43.5 Å². The molecule has 0 saturated heterocycles. The SMILES string of the molecule is CCCCCCOc1cccc(NC(=O)CNc2c(C)cccc2C)c1. The van der Waals surface area contributed by atoms with Crippen molar-refractivity contribution in [3.05, 3.63) is 53.6 Å². The van der Waals surface area contributed by atoms with E-state index in [4.69, 9.17) is 4.74 Å². The number of para-hydroxylation sites is 1. The quantitative estimate of drug-likeness (QED) is 0.568. The summed E-state index contributed by atoms with van der Waals surface area (Å²) in [4.78, 5) is 12.2. The average Bonchev–Trinajstić information content (AvgIpc) is 2.61. The highest BCUT2D eigenvalue weighted by Crippen LogP contribution is 2.20. The van der Waals surface area contributed by atoms with Crippen molar-refractivity contribution in [3.63, 3.8) is 0 Å². The normalized spacial score (nSPS) is 10.4. The second kappa shape index (κ2) is 10.5. The Morgan fingerprint density at radius 1 is 1.00 bits per heavy atom. The molecule has 26 heavy (non-hydrogen) atoms. The van der Waals surface area contributed by atoms with E-state index in [1.807, 2.05) is 56.3 Å². The molecule has 0 aliphatic heterocycles. The summed E-state index contributed by atoms with van der Waals surface area (Å²) >= 11 is 0. The van der Waals surface area contributed by atoms with Crippen LogP contribution in [0.15, 0.2) is 42.5 Å². The predicted molar refractivity (Wildman–Crippen MR) is 109 cm³/mol. The van der Waals surface area contributed by atoms with Gasteiger partial charge in [0.05, 0.1) is 13.2 Å². The molecule has 140 valence electrons. The maximum atomic E-state index is 12.2. The summed E-state index contributed by atoms with van der Waals surface area (Å²) in [5.41, 5.74) is 4.05. The summed E-state index contributed by atoms with van der Waals surface area (Å²) in [6.07, 6.45) is 4.71. The Morgan fingerprint density at radius 2 is 1.73 bits per heavy atom. The zero-order valence-corrected chi connectivity index (χ0v) is 16.1. The van der Waals surface area contributed by atoms with Crippen molar-refractivity contribution in [2.45, 2.75) is 46.5 Å². The van der Waals surface area contributed by atoms with Crippen molar-refractivity contribution >= 4 is 17.3 Å². The molecule has 0 saturated carbocycles. The number of benzene rings is 2. The third-order valence-electron chi connectivity index (χ3n) is 4.29. The van der Waals surface area contributed by atoms with Gasteiger partial charge in [0.2, 0.25) is 5.91 Å². The van der Waals surface area contributed by atoms with Crippen LogP contribution in [0.5, 0.6) is 5.75 Å². The highest BCUT2D eigenvalue weighted by atomic mass is 16.5. The zero-order chi connectivity index (χ0) is 18.8. The number of hydrogen-bond acceptors (Lipinski definition) is 3. The van der Waals surface area contributed by atoms with Crippen molar-refractivity contribution in [2.75, 3.05) is 23.8 Å². The Bertz CT molecular complexity index is 693. The molecule has 0 radical (unpaired) electrons. The molecule has 0 aliphatic carbocycles. The molecule has 2 N–H and O–H groups in total. The Kier molecular flexibility index (Phi) is 8.00. The van der Waals surface area contributed by atoms with Crippen molar-refractivity contribution in [1.82, 2.24) is 0 Å². The van der Waals surface area contributed by atoms with Gasteiger partial charge in [-0.1, -0.05) is 50.5 Å². The van der Waals surface area contributed by atoms with Crippen molar-refractivity contribution in [2.24, 2.45) is 0 Å². The summed E-state index contributed by atoms with van der Waals surface area (Å²) in [5, 5.41) is 6.15. The van der Waals surface area contributed by atoms with E-state index in [2.05, 4.69) is 17.6 Å². The molecule has 2 aromatic rings. The van der Waals surface area contributed by atoms with E-state index in [0.717, 1.165) is 34.7 Å². The molecule has 4 heteroatoms. The Labute approximate surface area is 157 Å². The lowest BCUT2D eigenvalue weighted by atomic mass is 10.1. The van der Waals surface area contributed by atoms with Gasteiger partial charge in [-0.3, -0.25) is 4.79 Å². The first-order valence-corrected chi connectivity index (χ1v) is 9.43. The van der Waals surface area contributed by atoms with Gasteiger partial charge in [0.25, 0.3) is 0 Å². The number of nitrogens with one attached hydrogen (secondary N) is 2. The van der Waals surface area contributed by atoms with Crippen LogP contribution >= 0.6 is 0 Å². The number of hydrogen-bond donors (Lipinski definition) is 2. The molecule has 2 rings (SSSR count). The van der Waals surface area contributed by atoms with E-state index < -0.39 is 0 Å². The highest BCUT2D eigenvalue weighted by Gasteiger charge is 2.06.